The Balaban J connectivity index is 0.00000147. The molecule has 2 bridgehead atoms. The Morgan fingerprint density at radius 1 is 1.10 bits per heavy atom. The van der Waals surface area contributed by atoms with Crippen LogP contribution in [0, 0.1) is 0 Å². The maximum absolute atomic E-state index is 12.5. The van der Waals surface area contributed by atoms with Gasteiger partial charge in [0.25, 0.3) is 0 Å². The molecular weight excluding hydrogens is 296 g/mol. The first-order valence-corrected chi connectivity index (χ1v) is 8.52. The molecule has 0 radical (unpaired) electrons. The molecule has 3 rings (SSSR count). The van der Waals surface area contributed by atoms with Crippen LogP contribution >= 0.6 is 12.4 Å². The number of nitrogens with one attached hydrogen (secondary N) is 1. The number of fused-ring (bicyclic) bond motifs is 2. The van der Waals surface area contributed by atoms with Gasteiger partial charge in [-0.25, -0.2) is 12.7 Å². The lowest BCUT2D eigenvalue weighted by Crippen LogP contribution is -2.39. The molecule has 0 aromatic heterocycles. The number of hydrogen-bond acceptors (Lipinski definition) is 3. The van der Waals surface area contributed by atoms with Gasteiger partial charge in [0.05, 0.1) is 5.75 Å². The van der Waals surface area contributed by atoms with E-state index in [1.807, 2.05) is 30.3 Å². The molecule has 2 unspecified atom stereocenters. The van der Waals surface area contributed by atoms with Crippen molar-refractivity contribution in [3.63, 3.8) is 0 Å². The van der Waals surface area contributed by atoms with Crippen molar-refractivity contribution in [2.24, 2.45) is 0 Å². The lowest BCUT2D eigenvalue weighted by atomic mass is 10.1. The van der Waals surface area contributed by atoms with Gasteiger partial charge in [-0.3, -0.25) is 0 Å². The van der Waals surface area contributed by atoms with E-state index in [1.54, 1.807) is 4.31 Å². The second kappa shape index (κ2) is 6.43. The van der Waals surface area contributed by atoms with E-state index in [0.29, 0.717) is 25.2 Å². The number of rotatable bonds is 3. The molecule has 20 heavy (non-hydrogen) atoms. The largest absolute Gasteiger partial charge is 0.310 e. The van der Waals surface area contributed by atoms with E-state index in [1.165, 1.54) is 6.42 Å². The monoisotopic (exact) mass is 316 g/mol. The number of nitrogens with zero attached hydrogens (tertiary/aromatic N) is 1. The molecule has 2 aliphatic rings. The highest BCUT2D eigenvalue weighted by Crippen LogP contribution is 2.23. The highest BCUT2D eigenvalue weighted by atomic mass is 35.5. The SMILES string of the molecule is Cl.O=S(=O)(Cc1ccccc1)N1CCC2CCC(C1)N2. The Morgan fingerprint density at radius 3 is 2.55 bits per heavy atom. The Hall–Kier alpha value is -0.620. The quantitative estimate of drug-likeness (QED) is 0.924. The molecular formula is C14H21ClN2O2S. The lowest BCUT2D eigenvalue weighted by molar-refractivity contribution is 0.383. The molecule has 4 nitrogen and oxygen atoms in total. The second-order valence-electron chi connectivity index (χ2n) is 5.53. The van der Waals surface area contributed by atoms with Crippen LogP contribution in [0.4, 0.5) is 0 Å². The number of sulfonamides is 1. The average Bonchev–Trinajstić information content (AvgIpc) is 2.69. The fourth-order valence-electron chi connectivity index (χ4n) is 3.04. The van der Waals surface area contributed by atoms with Crippen LogP contribution in [0.1, 0.15) is 24.8 Å². The summed E-state index contributed by atoms with van der Waals surface area (Å²) in [6.07, 6.45) is 3.23. The number of hydrogen-bond donors (Lipinski definition) is 1. The van der Waals surface area contributed by atoms with Gasteiger partial charge in [0.1, 0.15) is 0 Å². The zero-order valence-electron chi connectivity index (χ0n) is 11.4. The maximum Gasteiger partial charge on any atom is 0.218 e. The van der Waals surface area contributed by atoms with Gasteiger partial charge in [0.15, 0.2) is 0 Å². The van der Waals surface area contributed by atoms with Crippen LogP contribution < -0.4 is 5.32 Å². The van der Waals surface area contributed by atoms with Crippen LogP contribution in [0.5, 0.6) is 0 Å². The molecule has 2 saturated heterocycles. The third-order valence-electron chi connectivity index (χ3n) is 4.07. The summed E-state index contributed by atoms with van der Waals surface area (Å²) in [7, 11) is -3.19. The van der Waals surface area contributed by atoms with E-state index in [4.69, 9.17) is 0 Å². The van der Waals surface area contributed by atoms with E-state index in [-0.39, 0.29) is 18.2 Å². The van der Waals surface area contributed by atoms with Gasteiger partial charge >= 0.3 is 0 Å². The summed E-state index contributed by atoms with van der Waals surface area (Å²) in [5.74, 6) is 0.116. The summed E-state index contributed by atoms with van der Waals surface area (Å²) < 4.78 is 26.6. The third-order valence-corrected chi connectivity index (χ3v) is 5.89. The molecule has 6 heteroatoms. The first-order chi connectivity index (χ1) is 9.13. The summed E-state index contributed by atoms with van der Waals surface area (Å²) >= 11 is 0. The van der Waals surface area contributed by atoms with Crippen LogP contribution in [-0.4, -0.2) is 37.9 Å². The van der Waals surface area contributed by atoms with Crippen LogP contribution in [0.2, 0.25) is 0 Å². The lowest BCUT2D eigenvalue weighted by Gasteiger charge is -2.23. The average molecular weight is 317 g/mol. The molecule has 0 amide bonds. The smallest absolute Gasteiger partial charge is 0.218 e. The topological polar surface area (TPSA) is 49.4 Å². The van der Waals surface area contributed by atoms with E-state index in [2.05, 4.69) is 5.32 Å². The Morgan fingerprint density at radius 2 is 1.80 bits per heavy atom. The van der Waals surface area contributed by atoms with Crippen molar-refractivity contribution in [2.45, 2.75) is 37.1 Å². The molecule has 1 aromatic carbocycles. The minimum atomic E-state index is -3.19. The van der Waals surface area contributed by atoms with Crippen LogP contribution in [0.25, 0.3) is 0 Å². The Labute approximate surface area is 127 Å². The minimum absolute atomic E-state index is 0. The fourth-order valence-corrected chi connectivity index (χ4v) is 4.63. The van der Waals surface area contributed by atoms with Crippen molar-refractivity contribution in [3.8, 4) is 0 Å². The molecule has 2 atom stereocenters. The normalized spacial score (nSPS) is 26.8. The first kappa shape index (κ1) is 15.8. The third kappa shape index (κ3) is 3.52. The molecule has 2 aliphatic heterocycles. The summed E-state index contributed by atoms with van der Waals surface area (Å²) in [6, 6.07) is 10.3. The standard InChI is InChI=1S/C14H20N2O2S.ClH/c17-19(18,11-12-4-2-1-3-5-12)16-9-8-13-6-7-14(10-16)15-13;/h1-5,13-15H,6-11H2;1H. The molecule has 0 spiro atoms. The number of halogens is 1. The summed E-state index contributed by atoms with van der Waals surface area (Å²) in [4.78, 5) is 0. The highest BCUT2D eigenvalue weighted by Gasteiger charge is 2.34. The molecule has 2 heterocycles. The van der Waals surface area contributed by atoms with E-state index < -0.39 is 10.0 Å². The first-order valence-electron chi connectivity index (χ1n) is 6.91. The molecule has 2 fully saturated rings. The Kier molecular flexibility index (Phi) is 5.07. The predicted octanol–water partition coefficient (Wildman–Crippen LogP) is 1.76. The van der Waals surface area contributed by atoms with Gasteiger partial charge in [-0.2, -0.15) is 0 Å². The van der Waals surface area contributed by atoms with Crippen molar-refractivity contribution in [3.05, 3.63) is 35.9 Å². The van der Waals surface area contributed by atoms with E-state index in [9.17, 15) is 8.42 Å². The minimum Gasteiger partial charge on any atom is -0.310 e. The molecule has 112 valence electrons. The second-order valence-corrected chi connectivity index (χ2v) is 7.50. The summed E-state index contributed by atoms with van der Waals surface area (Å²) in [5.41, 5.74) is 0.866. The van der Waals surface area contributed by atoms with Gasteiger partial charge < -0.3 is 5.32 Å². The van der Waals surface area contributed by atoms with Crippen molar-refractivity contribution >= 4 is 22.4 Å². The zero-order valence-corrected chi connectivity index (χ0v) is 13.0. The molecule has 0 saturated carbocycles. The maximum atomic E-state index is 12.5. The predicted molar refractivity (Wildman–Crippen MR) is 82.4 cm³/mol. The molecule has 1 N–H and O–H groups in total. The van der Waals surface area contributed by atoms with Crippen molar-refractivity contribution in [2.75, 3.05) is 13.1 Å². The van der Waals surface area contributed by atoms with E-state index >= 15 is 0 Å². The van der Waals surface area contributed by atoms with Gasteiger partial charge in [-0.05, 0) is 24.8 Å². The Bertz CT molecular complexity index is 535. The zero-order chi connectivity index (χ0) is 13.3. The van der Waals surface area contributed by atoms with E-state index in [0.717, 1.165) is 18.4 Å². The van der Waals surface area contributed by atoms with Gasteiger partial charge in [-0.1, -0.05) is 30.3 Å². The van der Waals surface area contributed by atoms with Crippen LogP contribution in [0.15, 0.2) is 30.3 Å². The van der Waals surface area contributed by atoms with Crippen LogP contribution in [-0.2, 0) is 15.8 Å². The molecule has 0 aliphatic carbocycles. The molecule has 1 aromatic rings. The summed E-state index contributed by atoms with van der Waals surface area (Å²) in [6.45, 7) is 1.29. The highest BCUT2D eigenvalue weighted by molar-refractivity contribution is 7.88. The van der Waals surface area contributed by atoms with Gasteiger partial charge in [-0.15, -0.1) is 12.4 Å². The number of benzene rings is 1. The van der Waals surface area contributed by atoms with Crippen molar-refractivity contribution < 1.29 is 8.42 Å². The van der Waals surface area contributed by atoms with Gasteiger partial charge in [0, 0.05) is 25.2 Å². The van der Waals surface area contributed by atoms with Crippen molar-refractivity contribution in [1.29, 1.82) is 0 Å². The van der Waals surface area contributed by atoms with Crippen LogP contribution in [0.3, 0.4) is 0 Å². The van der Waals surface area contributed by atoms with Crippen molar-refractivity contribution in [1.82, 2.24) is 9.62 Å². The van der Waals surface area contributed by atoms with Gasteiger partial charge in [0.2, 0.25) is 10.0 Å². The fraction of sp³-hybridized carbons (Fsp3) is 0.571. The summed E-state index contributed by atoms with van der Waals surface area (Å²) in [5, 5.41) is 3.51.